The molecule has 0 atom stereocenters. The number of rotatable bonds is 4. The van der Waals surface area contributed by atoms with Crippen LogP contribution in [-0.2, 0) is 11.2 Å². The largest absolute Gasteiger partial charge is 0.343 e. The Morgan fingerprint density at radius 1 is 1.57 bits per heavy atom. The van der Waals surface area contributed by atoms with Crippen molar-refractivity contribution >= 4 is 17.2 Å². The van der Waals surface area contributed by atoms with Gasteiger partial charge in [0, 0.05) is 19.5 Å². The lowest BCUT2D eigenvalue weighted by atomic mass is 10.1. The second-order valence-electron chi connectivity index (χ2n) is 3.73. The van der Waals surface area contributed by atoms with E-state index in [0.717, 1.165) is 6.42 Å². The minimum atomic E-state index is 0.228. The van der Waals surface area contributed by atoms with Crippen molar-refractivity contribution in [3.63, 3.8) is 0 Å². The number of aryl methyl sites for hydroxylation is 1. The van der Waals surface area contributed by atoms with Crippen molar-refractivity contribution in [3.05, 3.63) is 22.4 Å². The molecule has 0 radical (unpaired) electrons. The van der Waals surface area contributed by atoms with Gasteiger partial charge in [0.05, 0.1) is 0 Å². The van der Waals surface area contributed by atoms with Crippen LogP contribution in [0.15, 0.2) is 16.8 Å². The molecule has 0 N–H and O–H groups in total. The zero-order chi connectivity index (χ0) is 10.6. The van der Waals surface area contributed by atoms with Crippen molar-refractivity contribution in [3.8, 4) is 0 Å². The van der Waals surface area contributed by atoms with Crippen LogP contribution >= 0.6 is 11.3 Å². The maximum absolute atomic E-state index is 11.6. The third-order valence-corrected chi connectivity index (χ3v) is 3.11. The van der Waals surface area contributed by atoms with Gasteiger partial charge in [0.15, 0.2) is 0 Å². The molecule has 0 aliphatic carbocycles. The summed E-state index contributed by atoms with van der Waals surface area (Å²) in [5, 5.41) is 4.15. The van der Waals surface area contributed by atoms with Gasteiger partial charge < -0.3 is 4.90 Å². The maximum Gasteiger partial charge on any atom is 0.222 e. The first-order valence-corrected chi connectivity index (χ1v) is 5.82. The molecule has 3 heteroatoms. The van der Waals surface area contributed by atoms with Crippen molar-refractivity contribution in [2.75, 3.05) is 7.05 Å². The number of hydrogen-bond donors (Lipinski definition) is 0. The molecular weight excluding hydrogens is 194 g/mol. The third kappa shape index (κ3) is 3.14. The fourth-order valence-electron chi connectivity index (χ4n) is 1.15. The Bertz CT molecular complexity index is 279. The zero-order valence-corrected chi connectivity index (χ0v) is 9.80. The highest BCUT2D eigenvalue weighted by molar-refractivity contribution is 7.07. The third-order valence-electron chi connectivity index (χ3n) is 2.38. The molecule has 1 heterocycles. The lowest BCUT2D eigenvalue weighted by Crippen LogP contribution is -2.33. The van der Waals surface area contributed by atoms with E-state index in [4.69, 9.17) is 0 Å². The van der Waals surface area contributed by atoms with E-state index in [1.54, 1.807) is 16.2 Å². The van der Waals surface area contributed by atoms with Gasteiger partial charge in [0.25, 0.3) is 0 Å². The van der Waals surface area contributed by atoms with Crippen LogP contribution in [0.5, 0.6) is 0 Å². The van der Waals surface area contributed by atoms with Crippen molar-refractivity contribution in [2.45, 2.75) is 32.7 Å². The summed E-state index contributed by atoms with van der Waals surface area (Å²) >= 11 is 1.68. The van der Waals surface area contributed by atoms with E-state index in [-0.39, 0.29) is 5.91 Å². The van der Waals surface area contributed by atoms with Crippen LogP contribution < -0.4 is 0 Å². The maximum atomic E-state index is 11.6. The molecule has 14 heavy (non-hydrogen) atoms. The number of carbonyl (C=O) groups excluding carboxylic acids is 1. The van der Waals surface area contributed by atoms with E-state index in [0.29, 0.717) is 12.5 Å². The van der Waals surface area contributed by atoms with Crippen molar-refractivity contribution in [1.82, 2.24) is 4.90 Å². The van der Waals surface area contributed by atoms with Crippen LogP contribution in [0.3, 0.4) is 0 Å². The van der Waals surface area contributed by atoms with E-state index in [1.807, 2.05) is 26.3 Å². The molecule has 0 fully saturated rings. The summed E-state index contributed by atoms with van der Waals surface area (Å²) in [7, 11) is 1.86. The predicted molar refractivity (Wildman–Crippen MR) is 60.5 cm³/mol. The Hall–Kier alpha value is -0.830. The monoisotopic (exact) mass is 211 g/mol. The molecule has 1 amide bonds. The number of carbonyl (C=O) groups is 1. The molecule has 0 aromatic carbocycles. The Morgan fingerprint density at radius 2 is 2.29 bits per heavy atom. The molecular formula is C11H17NOS. The number of nitrogens with zero attached hydrogens (tertiary/aromatic N) is 1. The average Bonchev–Trinajstić information content (AvgIpc) is 2.65. The SMILES string of the molecule is CC(C)N(C)C(=O)CCc1ccsc1. The highest BCUT2D eigenvalue weighted by Crippen LogP contribution is 2.09. The Labute approximate surface area is 89.5 Å². The molecule has 0 saturated carbocycles. The standard InChI is InChI=1S/C11H17NOS/c1-9(2)12(3)11(13)5-4-10-6-7-14-8-10/h6-9H,4-5H2,1-3H3. The second kappa shape index (κ2) is 5.15. The van der Waals surface area contributed by atoms with Crippen molar-refractivity contribution < 1.29 is 4.79 Å². The lowest BCUT2D eigenvalue weighted by Gasteiger charge is -2.21. The number of amides is 1. The number of thiophene rings is 1. The van der Waals surface area contributed by atoms with Gasteiger partial charge in [-0.1, -0.05) is 0 Å². The van der Waals surface area contributed by atoms with Crippen LogP contribution in [0.4, 0.5) is 0 Å². The summed E-state index contributed by atoms with van der Waals surface area (Å²) in [5.74, 6) is 0.228. The van der Waals surface area contributed by atoms with Crippen molar-refractivity contribution in [1.29, 1.82) is 0 Å². The van der Waals surface area contributed by atoms with E-state index in [2.05, 4.69) is 11.4 Å². The minimum Gasteiger partial charge on any atom is -0.343 e. The molecule has 1 rings (SSSR count). The fraction of sp³-hybridized carbons (Fsp3) is 0.545. The average molecular weight is 211 g/mol. The summed E-state index contributed by atoms with van der Waals surface area (Å²) in [5.41, 5.74) is 1.26. The van der Waals surface area contributed by atoms with Crippen LogP contribution in [0.1, 0.15) is 25.8 Å². The highest BCUT2D eigenvalue weighted by atomic mass is 32.1. The van der Waals surface area contributed by atoms with Gasteiger partial charge in [-0.15, -0.1) is 0 Å². The van der Waals surface area contributed by atoms with E-state index < -0.39 is 0 Å². The van der Waals surface area contributed by atoms with Crippen molar-refractivity contribution in [2.24, 2.45) is 0 Å². The molecule has 0 saturated heterocycles. The summed E-state index contributed by atoms with van der Waals surface area (Å²) in [6.07, 6.45) is 1.48. The van der Waals surface area contributed by atoms with Gasteiger partial charge >= 0.3 is 0 Å². The van der Waals surface area contributed by atoms with E-state index >= 15 is 0 Å². The van der Waals surface area contributed by atoms with Gasteiger partial charge in [-0.2, -0.15) is 11.3 Å². The highest BCUT2D eigenvalue weighted by Gasteiger charge is 2.11. The van der Waals surface area contributed by atoms with Crippen LogP contribution in [0.25, 0.3) is 0 Å². The minimum absolute atomic E-state index is 0.228. The second-order valence-corrected chi connectivity index (χ2v) is 4.51. The smallest absolute Gasteiger partial charge is 0.222 e. The normalized spacial score (nSPS) is 10.6. The topological polar surface area (TPSA) is 20.3 Å². The summed E-state index contributed by atoms with van der Waals surface area (Å²) in [6.45, 7) is 4.06. The molecule has 0 aliphatic rings. The summed E-state index contributed by atoms with van der Waals surface area (Å²) < 4.78 is 0. The quantitative estimate of drug-likeness (QED) is 0.749. The predicted octanol–water partition coefficient (Wildman–Crippen LogP) is 2.55. The first-order valence-electron chi connectivity index (χ1n) is 4.88. The molecule has 1 aromatic rings. The van der Waals surface area contributed by atoms with Gasteiger partial charge in [0.2, 0.25) is 5.91 Å². The summed E-state index contributed by atoms with van der Waals surface area (Å²) in [6, 6.07) is 2.37. The molecule has 0 unspecified atom stereocenters. The first-order chi connectivity index (χ1) is 6.61. The van der Waals surface area contributed by atoms with Crippen LogP contribution in [0.2, 0.25) is 0 Å². The fourth-order valence-corrected chi connectivity index (χ4v) is 1.85. The molecule has 78 valence electrons. The molecule has 2 nitrogen and oxygen atoms in total. The van der Waals surface area contributed by atoms with Crippen LogP contribution in [-0.4, -0.2) is 23.9 Å². The Morgan fingerprint density at radius 3 is 2.79 bits per heavy atom. The number of hydrogen-bond acceptors (Lipinski definition) is 2. The molecule has 0 aliphatic heterocycles. The lowest BCUT2D eigenvalue weighted by molar-refractivity contribution is -0.131. The van der Waals surface area contributed by atoms with Gasteiger partial charge in [0.1, 0.15) is 0 Å². The zero-order valence-electron chi connectivity index (χ0n) is 8.99. The van der Waals surface area contributed by atoms with Gasteiger partial charge in [-0.25, -0.2) is 0 Å². The molecule has 0 spiro atoms. The molecule has 1 aromatic heterocycles. The first kappa shape index (κ1) is 11.2. The Kier molecular flexibility index (Phi) is 4.14. The van der Waals surface area contributed by atoms with E-state index in [9.17, 15) is 4.79 Å². The Balaban J connectivity index is 2.35. The van der Waals surface area contributed by atoms with Crippen LogP contribution in [0, 0.1) is 0 Å². The summed E-state index contributed by atoms with van der Waals surface area (Å²) in [4.78, 5) is 13.4. The van der Waals surface area contributed by atoms with Gasteiger partial charge in [-0.05, 0) is 42.7 Å². The van der Waals surface area contributed by atoms with Gasteiger partial charge in [-0.3, -0.25) is 4.79 Å². The van der Waals surface area contributed by atoms with E-state index in [1.165, 1.54) is 5.56 Å². The molecule has 0 bridgehead atoms.